The number of guanidine groups is 1. The lowest BCUT2D eigenvalue weighted by Crippen LogP contribution is -2.45. The van der Waals surface area contributed by atoms with Gasteiger partial charge < -0.3 is 20.4 Å². The van der Waals surface area contributed by atoms with Crippen LogP contribution in [0.2, 0.25) is 0 Å². The predicted molar refractivity (Wildman–Crippen MR) is 125 cm³/mol. The lowest BCUT2D eigenvalue weighted by atomic mass is 9.97. The number of amides is 2. The molecule has 0 unspecified atom stereocenters. The highest BCUT2D eigenvalue weighted by Gasteiger charge is 2.22. The molecule has 1 saturated heterocycles. The molecule has 10 nitrogen and oxygen atoms in total. The van der Waals surface area contributed by atoms with Crippen molar-refractivity contribution >= 4 is 34.9 Å². The maximum absolute atomic E-state index is 10.8. The van der Waals surface area contributed by atoms with E-state index in [2.05, 4.69) is 50.5 Å². The normalized spacial score (nSPS) is 14.8. The SMILES string of the molecule is O=C(O)N=C(NCC1CCN(c2nccc(-c3ccc4ccccc4c3)n2)CC1)NC(=O)O. The summed E-state index contributed by atoms with van der Waals surface area (Å²) in [6, 6.07) is 16.4. The molecule has 0 saturated carbocycles. The average molecular weight is 448 g/mol. The van der Waals surface area contributed by atoms with Crippen LogP contribution in [0, 0.1) is 5.92 Å². The smallest absolute Gasteiger partial charge is 0.434 e. The van der Waals surface area contributed by atoms with Gasteiger partial charge in [0.2, 0.25) is 11.9 Å². The second-order valence-electron chi connectivity index (χ2n) is 7.79. The number of hydrogen-bond acceptors (Lipinski definition) is 5. The van der Waals surface area contributed by atoms with Gasteiger partial charge in [-0.2, -0.15) is 0 Å². The molecule has 4 N–H and O–H groups in total. The number of nitrogens with one attached hydrogen (secondary N) is 2. The average Bonchev–Trinajstić information content (AvgIpc) is 2.82. The minimum Gasteiger partial charge on any atom is -0.465 e. The number of anilines is 1. The van der Waals surface area contributed by atoms with E-state index in [1.54, 1.807) is 6.20 Å². The first-order valence-electron chi connectivity index (χ1n) is 10.6. The summed E-state index contributed by atoms with van der Waals surface area (Å²) in [7, 11) is 0. The summed E-state index contributed by atoms with van der Waals surface area (Å²) in [6.45, 7) is 1.90. The van der Waals surface area contributed by atoms with Crippen LogP contribution in [0.3, 0.4) is 0 Å². The van der Waals surface area contributed by atoms with E-state index in [0.29, 0.717) is 12.5 Å². The number of aromatic nitrogens is 2. The third-order valence-corrected chi connectivity index (χ3v) is 5.58. The molecule has 0 atom stereocenters. The molecule has 4 rings (SSSR count). The zero-order valence-corrected chi connectivity index (χ0v) is 17.8. The van der Waals surface area contributed by atoms with Crippen LogP contribution >= 0.6 is 0 Å². The highest BCUT2D eigenvalue weighted by molar-refractivity contribution is 5.97. The zero-order chi connectivity index (χ0) is 23.2. The number of hydrogen-bond donors (Lipinski definition) is 4. The molecular formula is C23H24N6O4. The van der Waals surface area contributed by atoms with Crippen molar-refractivity contribution in [3.8, 4) is 11.3 Å². The van der Waals surface area contributed by atoms with Crippen LogP contribution < -0.4 is 15.5 Å². The van der Waals surface area contributed by atoms with E-state index in [-0.39, 0.29) is 11.9 Å². The molecule has 2 heterocycles. The molecule has 170 valence electrons. The van der Waals surface area contributed by atoms with E-state index in [0.717, 1.165) is 42.6 Å². The Labute approximate surface area is 190 Å². The Hall–Kier alpha value is -4.21. The topological polar surface area (TPSA) is 140 Å². The van der Waals surface area contributed by atoms with Crippen molar-refractivity contribution in [3.63, 3.8) is 0 Å². The third kappa shape index (κ3) is 5.73. The summed E-state index contributed by atoms with van der Waals surface area (Å²) in [5, 5.41) is 24.7. The standard InChI is InChI=1S/C23H24N6O4/c30-22(31)27-20(28-23(32)33)25-14-15-8-11-29(12-9-15)21-24-10-7-19(26-21)18-6-5-16-3-1-2-4-17(16)13-18/h1-7,10,13,15H,8-9,11-12,14H2,(H,30,31)(H,32,33)(H2,25,27,28). The van der Waals surface area contributed by atoms with Crippen molar-refractivity contribution in [2.24, 2.45) is 10.9 Å². The summed E-state index contributed by atoms with van der Waals surface area (Å²) in [6.07, 6.45) is 0.575. The predicted octanol–water partition coefficient (Wildman–Crippen LogP) is 3.40. The number of carbonyl (C=O) groups is 2. The first kappa shape index (κ1) is 22.0. The Morgan fingerprint density at radius 2 is 1.82 bits per heavy atom. The molecule has 2 amide bonds. The number of piperidine rings is 1. The maximum Gasteiger partial charge on any atom is 0.434 e. The van der Waals surface area contributed by atoms with Crippen LogP contribution in [0.15, 0.2) is 59.7 Å². The Morgan fingerprint density at radius 3 is 2.55 bits per heavy atom. The Morgan fingerprint density at radius 1 is 1.06 bits per heavy atom. The van der Waals surface area contributed by atoms with Crippen molar-refractivity contribution in [1.29, 1.82) is 0 Å². The molecule has 2 aromatic carbocycles. The van der Waals surface area contributed by atoms with E-state index >= 15 is 0 Å². The van der Waals surface area contributed by atoms with Gasteiger partial charge in [-0.05, 0) is 41.7 Å². The van der Waals surface area contributed by atoms with E-state index in [4.69, 9.17) is 15.2 Å². The fourth-order valence-electron chi connectivity index (χ4n) is 3.90. The molecule has 33 heavy (non-hydrogen) atoms. The highest BCUT2D eigenvalue weighted by Crippen LogP contribution is 2.25. The zero-order valence-electron chi connectivity index (χ0n) is 17.8. The van der Waals surface area contributed by atoms with E-state index in [1.165, 1.54) is 5.39 Å². The van der Waals surface area contributed by atoms with Crippen LogP contribution in [0.25, 0.3) is 22.0 Å². The summed E-state index contributed by atoms with van der Waals surface area (Å²) in [4.78, 5) is 36.1. The maximum atomic E-state index is 10.8. The molecule has 10 heteroatoms. The van der Waals surface area contributed by atoms with Gasteiger partial charge in [-0.3, -0.25) is 5.32 Å². The number of fused-ring (bicyclic) bond motifs is 1. The molecule has 0 radical (unpaired) electrons. The molecular weight excluding hydrogens is 424 g/mol. The van der Waals surface area contributed by atoms with E-state index in [9.17, 15) is 9.59 Å². The monoisotopic (exact) mass is 448 g/mol. The number of carboxylic acid groups (broad SMARTS) is 2. The van der Waals surface area contributed by atoms with Gasteiger partial charge in [-0.1, -0.05) is 36.4 Å². The first-order chi connectivity index (χ1) is 16.0. The van der Waals surface area contributed by atoms with E-state index in [1.807, 2.05) is 23.5 Å². The molecule has 3 aromatic rings. The Balaban J connectivity index is 1.38. The van der Waals surface area contributed by atoms with Gasteiger partial charge in [0.25, 0.3) is 0 Å². The van der Waals surface area contributed by atoms with Gasteiger partial charge >= 0.3 is 12.2 Å². The lowest BCUT2D eigenvalue weighted by molar-refractivity contribution is 0.199. The third-order valence-electron chi connectivity index (χ3n) is 5.58. The largest absolute Gasteiger partial charge is 0.465 e. The number of nitrogens with zero attached hydrogens (tertiary/aromatic N) is 4. The van der Waals surface area contributed by atoms with Gasteiger partial charge in [-0.25, -0.2) is 19.6 Å². The minimum atomic E-state index is -1.47. The molecule has 0 aliphatic carbocycles. The Kier molecular flexibility index (Phi) is 6.63. The van der Waals surface area contributed by atoms with Gasteiger partial charge in [0.05, 0.1) is 5.69 Å². The van der Waals surface area contributed by atoms with Gasteiger partial charge in [0.1, 0.15) is 0 Å². The van der Waals surface area contributed by atoms with Crippen LogP contribution in [0.1, 0.15) is 12.8 Å². The van der Waals surface area contributed by atoms with Crippen molar-refractivity contribution in [3.05, 3.63) is 54.7 Å². The second kappa shape index (κ2) is 9.94. The molecule has 1 aromatic heterocycles. The van der Waals surface area contributed by atoms with Crippen LogP contribution in [-0.4, -0.2) is 58.0 Å². The number of rotatable bonds is 4. The van der Waals surface area contributed by atoms with Gasteiger partial charge in [0.15, 0.2) is 0 Å². The van der Waals surface area contributed by atoms with Crippen LogP contribution in [0.5, 0.6) is 0 Å². The first-order valence-corrected chi connectivity index (χ1v) is 10.6. The fraction of sp³-hybridized carbons (Fsp3) is 0.261. The summed E-state index contributed by atoms with van der Waals surface area (Å²) in [5.41, 5.74) is 1.90. The Bertz CT molecular complexity index is 1190. The van der Waals surface area contributed by atoms with Crippen molar-refractivity contribution in [2.75, 3.05) is 24.5 Å². The van der Waals surface area contributed by atoms with E-state index < -0.39 is 12.2 Å². The second-order valence-corrected chi connectivity index (χ2v) is 7.79. The number of aliphatic imine (C=N–C) groups is 1. The lowest BCUT2D eigenvalue weighted by Gasteiger charge is -2.32. The summed E-state index contributed by atoms with van der Waals surface area (Å²) >= 11 is 0. The minimum absolute atomic E-state index is 0.236. The highest BCUT2D eigenvalue weighted by atomic mass is 16.4. The molecule has 0 spiro atoms. The fourth-order valence-corrected chi connectivity index (χ4v) is 3.90. The summed E-state index contributed by atoms with van der Waals surface area (Å²) < 4.78 is 0. The molecule has 0 bridgehead atoms. The van der Waals surface area contributed by atoms with Crippen LogP contribution in [0.4, 0.5) is 15.5 Å². The van der Waals surface area contributed by atoms with Crippen molar-refractivity contribution in [1.82, 2.24) is 20.6 Å². The van der Waals surface area contributed by atoms with Crippen molar-refractivity contribution in [2.45, 2.75) is 12.8 Å². The van der Waals surface area contributed by atoms with Gasteiger partial charge in [0, 0.05) is 31.4 Å². The quantitative estimate of drug-likeness (QED) is 0.352. The summed E-state index contributed by atoms with van der Waals surface area (Å²) in [5.74, 6) is 0.621. The number of benzene rings is 2. The van der Waals surface area contributed by atoms with Gasteiger partial charge in [-0.15, -0.1) is 4.99 Å². The molecule has 1 aliphatic rings. The van der Waals surface area contributed by atoms with Crippen molar-refractivity contribution < 1.29 is 19.8 Å². The molecule has 1 fully saturated rings. The molecule has 1 aliphatic heterocycles. The van der Waals surface area contributed by atoms with Crippen LogP contribution in [-0.2, 0) is 0 Å².